The van der Waals surface area contributed by atoms with Gasteiger partial charge in [-0.15, -0.1) is 0 Å². The molecule has 88 valence electrons. The lowest BCUT2D eigenvalue weighted by atomic mass is 10.1. The molecule has 0 atom stereocenters. The first-order valence-corrected chi connectivity index (χ1v) is 5.09. The molecule has 0 spiro atoms. The first kappa shape index (κ1) is 12.8. The van der Waals surface area contributed by atoms with Gasteiger partial charge in [0.1, 0.15) is 12.4 Å². The summed E-state index contributed by atoms with van der Waals surface area (Å²) in [6, 6.07) is 2.86. The van der Waals surface area contributed by atoms with Crippen molar-refractivity contribution in [1.82, 2.24) is 0 Å². The summed E-state index contributed by atoms with van der Waals surface area (Å²) >= 11 is 5.90. The predicted octanol–water partition coefficient (Wildman–Crippen LogP) is 2.37. The molecule has 0 heterocycles. The zero-order chi connectivity index (χ0) is 12.1. The van der Waals surface area contributed by atoms with Gasteiger partial charge in [0.05, 0.1) is 12.2 Å². The maximum absolute atomic E-state index is 10.8. The number of hydrogen-bond donors (Lipinski definition) is 1. The number of halogens is 1. The fourth-order valence-electron chi connectivity index (χ4n) is 1.16. The first-order valence-electron chi connectivity index (χ1n) is 4.71. The number of benzene rings is 1. The molecule has 1 rings (SSSR count). The van der Waals surface area contributed by atoms with E-state index in [9.17, 15) is 4.79 Å². The van der Waals surface area contributed by atoms with Gasteiger partial charge in [-0.2, -0.15) is 0 Å². The van der Waals surface area contributed by atoms with Gasteiger partial charge in [0, 0.05) is 17.7 Å². The van der Waals surface area contributed by atoms with E-state index in [4.69, 9.17) is 26.2 Å². The molecule has 0 unspecified atom stereocenters. The van der Waals surface area contributed by atoms with Crippen LogP contribution < -0.4 is 4.74 Å². The van der Waals surface area contributed by atoms with Crippen molar-refractivity contribution < 1.29 is 19.4 Å². The molecule has 0 radical (unpaired) electrons. The Labute approximate surface area is 98.7 Å². The van der Waals surface area contributed by atoms with E-state index in [1.54, 1.807) is 14.0 Å². The van der Waals surface area contributed by atoms with Gasteiger partial charge in [0.2, 0.25) is 0 Å². The van der Waals surface area contributed by atoms with Gasteiger partial charge < -0.3 is 14.6 Å². The minimum absolute atomic E-state index is 0.114. The molecule has 0 fully saturated rings. The zero-order valence-corrected chi connectivity index (χ0v) is 9.87. The molecule has 0 aliphatic carbocycles. The fourth-order valence-corrected chi connectivity index (χ4v) is 1.37. The van der Waals surface area contributed by atoms with E-state index in [0.717, 1.165) is 5.56 Å². The fraction of sp³-hybridized carbons (Fsp3) is 0.364. The lowest BCUT2D eigenvalue weighted by molar-refractivity contribution is 0.0696. The molecular formula is C11H13ClO4. The Balaban J connectivity index is 2.93. The third-order valence-corrected chi connectivity index (χ3v) is 2.48. The summed E-state index contributed by atoms with van der Waals surface area (Å²) in [6.45, 7) is 2.57. The molecule has 0 bridgehead atoms. The summed E-state index contributed by atoms with van der Waals surface area (Å²) in [6.07, 6.45) is 0. The monoisotopic (exact) mass is 244 g/mol. The maximum atomic E-state index is 10.8. The van der Waals surface area contributed by atoms with Gasteiger partial charge in [-0.1, -0.05) is 11.6 Å². The Morgan fingerprint density at radius 3 is 2.69 bits per heavy atom. The third kappa shape index (κ3) is 3.12. The SMILES string of the molecule is COCCOc1cc(C(=O)O)cc(Cl)c1C. The lowest BCUT2D eigenvalue weighted by Crippen LogP contribution is -2.06. The Morgan fingerprint density at radius 1 is 1.44 bits per heavy atom. The van der Waals surface area contributed by atoms with Crippen molar-refractivity contribution in [2.24, 2.45) is 0 Å². The normalized spacial score (nSPS) is 10.2. The summed E-state index contributed by atoms with van der Waals surface area (Å²) < 4.78 is 10.2. The van der Waals surface area contributed by atoms with Crippen LogP contribution in [-0.2, 0) is 4.74 Å². The topological polar surface area (TPSA) is 55.8 Å². The largest absolute Gasteiger partial charge is 0.491 e. The number of carbonyl (C=O) groups is 1. The predicted molar refractivity (Wildman–Crippen MR) is 60.5 cm³/mol. The summed E-state index contributed by atoms with van der Waals surface area (Å²) in [5, 5.41) is 9.24. The molecule has 5 heteroatoms. The van der Waals surface area contributed by atoms with Crippen LogP contribution in [0.25, 0.3) is 0 Å². The number of methoxy groups -OCH3 is 1. The van der Waals surface area contributed by atoms with Crippen molar-refractivity contribution in [3.63, 3.8) is 0 Å². The number of ether oxygens (including phenoxy) is 2. The van der Waals surface area contributed by atoms with Crippen LogP contribution in [0.1, 0.15) is 15.9 Å². The summed E-state index contributed by atoms with van der Waals surface area (Å²) in [7, 11) is 1.57. The maximum Gasteiger partial charge on any atom is 0.335 e. The number of aromatic carboxylic acids is 1. The van der Waals surface area contributed by atoms with Crippen molar-refractivity contribution in [2.75, 3.05) is 20.3 Å². The highest BCUT2D eigenvalue weighted by Gasteiger charge is 2.11. The third-order valence-electron chi connectivity index (χ3n) is 2.09. The molecule has 1 aromatic rings. The number of carboxylic acids is 1. The summed E-state index contributed by atoms with van der Waals surface area (Å²) in [5.41, 5.74) is 0.839. The Bertz CT molecular complexity index is 390. The van der Waals surface area contributed by atoms with Crippen LogP contribution in [0.15, 0.2) is 12.1 Å². The van der Waals surface area contributed by atoms with Gasteiger partial charge in [-0.25, -0.2) is 4.79 Å². The summed E-state index contributed by atoms with van der Waals surface area (Å²) in [5.74, 6) is -0.555. The van der Waals surface area contributed by atoms with Gasteiger partial charge >= 0.3 is 5.97 Å². The highest BCUT2D eigenvalue weighted by molar-refractivity contribution is 6.31. The first-order chi connectivity index (χ1) is 7.56. The highest BCUT2D eigenvalue weighted by atomic mass is 35.5. The molecule has 0 aromatic heterocycles. The van der Waals surface area contributed by atoms with E-state index < -0.39 is 5.97 Å². The molecule has 0 aliphatic rings. The standard InChI is InChI=1S/C11H13ClO4/c1-7-9(12)5-8(11(13)14)6-10(7)16-4-3-15-2/h5-6H,3-4H2,1-2H3,(H,13,14). The Hall–Kier alpha value is -1.26. The molecule has 16 heavy (non-hydrogen) atoms. The Morgan fingerprint density at radius 2 is 2.12 bits per heavy atom. The van der Waals surface area contributed by atoms with E-state index in [-0.39, 0.29) is 5.56 Å². The lowest BCUT2D eigenvalue weighted by Gasteiger charge is -2.10. The average molecular weight is 245 g/mol. The molecule has 1 aromatic carbocycles. The number of rotatable bonds is 5. The quantitative estimate of drug-likeness (QED) is 0.808. The van der Waals surface area contributed by atoms with E-state index in [1.807, 2.05) is 0 Å². The van der Waals surface area contributed by atoms with E-state index >= 15 is 0 Å². The average Bonchev–Trinajstić information content (AvgIpc) is 2.24. The number of hydrogen-bond acceptors (Lipinski definition) is 3. The molecule has 0 saturated carbocycles. The van der Waals surface area contributed by atoms with Crippen LogP contribution in [-0.4, -0.2) is 31.4 Å². The minimum atomic E-state index is -1.03. The van der Waals surface area contributed by atoms with Crippen LogP contribution in [0.5, 0.6) is 5.75 Å². The second kappa shape index (κ2) is 5.72. The molecule has 1 N–H and O–H groups in total. The Kier molecular flexibility index (Phi) is 4.58. The van der Waals surface area contributed by atoms with Crippen molar-refractivity contribution in [2.45, 2.75) is 6.92 Å². The van der Waals surface area contributed by atoms with Crippen molar-refractivity contribution in [3.8, 4) is 5.75 Å². The second-order valence-corrected chi connectivity index (χ2v) is 3.63. The van der Waals surface area contributed by atoms with Crippen molar-refractivity contribution in [3.05, 3.63) is 28.3 Å². The molecular weight excluding hydrogens is 232 g/mol. The van der Waals surface area contributed by atoms with E-state index in [1.165, 1.54) is 12.1 Å². The van der Waals surface area contributed by atoms with Gasteiger partial charge in [0.25, 0.3) is 0 Å². The van der Waals surface area contributed by atoms with Crippen LogP contribution in [0.3, 0.4) is 0 Å². The van der Waals surface area contributed by atoms with Crippen LogP contribution in [0, 0.1) is 6.92 Å². The number of carboxylic acid groups (broad SMARTS) is 1. The molecule has 0 aliphatic heterocycles. The highest BCUT2D eigenvalue weighted by Crippen LogP contribution is 2.27. The van der Waals surface area contributed by atoms with Crippen molar-refractivity contribution in [1.29, 1.82) is 0 Å². The van der Waals surface area contributed by atoms with Gasteiger partial charge in [-0.3, -0.25) is 0 Å². The molecule has 0 saturated heterocycles. The minimum Gasteiger partial charge on any atom is -0.491 e. The van der Waals surface area contributed by atoms with E-state index in [0.29, 0.717) is 24.0 Å². The van der Waals surface area contributed by atoms with Crippen LogP contribution in [0.2, 0.25) is 5.02 Å². The van der Waals surface area contributed by atoms with Crippen LogP contribution in [0.4, 0.5) is 0 Å². The van der Waals surface area contributed by atoms with E-state index in [2.05, 4.69) is 0 Å². The zero-order valence-electron chi connectivity index (χ0n) is 9.12. The molecule has 0 amide bonds. The molecule has 4 nitrogen and oxygen atoms in total. The second-order valence-electron chi connectivity index (χ2n) is 3.23. The van der Waals surface area contributed by atoms with Crippen LogP contribution >= 0.6 is 11.6 Å². The van der Waals surface area contributed by atoms with Crippen molar-refractivity contribution >= 4 is 17.6 Å². The van der Waals surface area contributed by atoms with Gasteiger partial charge in [-0.05, 0) is 19.1 Å². The summed E-state index contributed by atoms with van der Waals surface area (Å²) in [4.78, 5) is 10.8. The van der Waals surface area contributed by atoms with Gasteiger partial charge in [0.15, 0.2) is 0 Å². The smallest absolute Gasteiger partial charge is 0.335 e.